The number of hydrogen-bond donors (Lipinski definition) is 0. The van der Waals surface area contributed by atoms with E-state index in [-0.39, 0.29) is 12.7 Å². The number of nitrogens with zero attached hydrogens (tertiary/aromatic N) is 1. The minimum absolute atomic E-state index is 0.213. The lowest BCUT2D eigenvalue weighted by Gasteiger charge is -2.27. The summed E-state index contributed by atoms with van der Waals surface area (Å²) in [5, 5.41) is 0. The highest BCUT2D eigenvalue weighted by molar-refractivity contribution is 5.95. The number of rotatable bonds is 3. The highest BCUT2D eigenvalue weighted by atomic mass is 16.7. The van der Waals surface area contributed by atoms with Crippen LogP contribution in [0.3, 0.4) is 0 Å². The van der Waals surface area contributed by atoms with Gasteiger partial charge < -0.3 is 19.1 Å². The molecule has 0 N–H and O–H groups in total. The van der Waals surface area contributed by atoms with Crippen molar-refractivity contribution < 1.29 is 23.8 Å². The van der Waals surface area contributed by atoms with E-state index in [1.807, 2.05) is 30.3 Å². The molecule has 0 fully saturated rings. The molecule has 25 heavy (non-hydrogen) atoms. The molecule has 2 heterocycles. The number of carbonyl (C=O) groups is 2. The second kappa shape index (κ2) is 6.12. The van der Waals surface area contributed by atoms with E-state index in [4.69, 9.17) is 14.2 Å². The van der Waals surface area contributed by atoms with Crippen molar-refractivity contribution in [3.8, 4) is 11.5 Å². The van der Waals surface area contributed by atoms with Crippen molar-refractivity contribution in [3.05, 3.63) is 59.2 Å². The highest BCUT2D eigenvalue weighted by Crippen LogP contribution is 2.32. The van der Waals surface area contributed by atoms with Gasteiger partial charge in [0.1, 0.15) is 0 Å². The van der Waals surface area contributed by atoms with Gasteiger partial charge in [-0.1, -0.05) is 24.3 Å². The van der Waals surface area contributed by atoms with Gasteiger partial charge in [0, 0.05) is 20.0 Å². The first-order valence-corrected chi connectivity index (χ1v) is 8.04. The van der Waals surface area contributed by atoms with Gasteiger partial charge in [-0.15, -0.1) is 0 Å². The average Bonchev–Trinajstić information content (AvgIpc) is 3.08. The van der Waals surface area contributed by atoms with Crippen LogP contribution in [-0.4, -0.2) is 36.7 Å². The Bertz CT molecular complexity index is 847. The number of esters is 1. The molecule has 0 aromatic heterocycles. The molecule has 1 unspecified atom stereocenters. The van der Waals surface area contributed by atoms with E-state index in [2.05, 4.69) is 0 Å². The van der Waals surface area contributed by atoms with E-state index < -0.39 is 12.1 Å². The summed E-state index contributed by atoms with van der Waals surface area (Å²) in [7, 11) is 1.70. The zero-order valence-electron chi connectivity index (χ0n) is 13.7. The molecule has 0 saturated carbocycles. The van der Waals surface area contributed by atoms with Crippen molar-refractivity contribution in [2.45, 2.75) is 19.1 Å². The van der Waals surface area contributed by atoms with Crippen molar-refractivity contribution in [2.75, 3.05) is 13.8 Å². The SMILES string of the molecule is CN(Cc1ccc2c(c1)OCO2)C(=O)C1Cc2ccccc2C(=O)O1. The maximum absolute atomic E-state index is 12.7. The molecule has 2 aromatic carbocycles. The summed E-state index contributed by atoms with van der Waals surface area (Å²) in [5.41, 5.74) is 2.29. The summed E-state index contributed by atoms with van der Waals surface area (Å²) in [6.07, 6.45) is -0.395. The fraction of sp³-hybridized carbons (Fsp3) is 0.263. The first kappa shape index (κ1) is 15.5. The van der Waals surface area contributed by atoms with E-state index in [9.17, 15) is 9.59 Å². The molecule has 0 saturated heterocycles. The van der Waals surface area contributed by atoms with Gasteiger partial charge >= 0.3 is 5.97 Å². The van der Waals surface area contributed by atoms with E-state index in [0.717, 1.165) is 11.1 Å². The van der Waals surface area contributed by atoms with Crippen molar-refractivity contribution >= 4 is 11.9 Å². The minimum Gasteiger partial charge on any atom is -0.454 e. The number of ether oxygens (including phenoxy) is 3. The molecule has 0 bridgehead atoms. The Morgan fingerprint density at radius 2 is 1.96 bits per heavy atom. The van der Waals surface area contributed by atoms with Crippen molar-refractivity contribution in [1.29, 1.82) is 0 Å². The van der Waals surface area contributed by atoms with Gasteiger partial charge in [0.2, 0.25) is 6.79 Å². The smallest absolute Gasteiger partial charge is 0.339 e. The van der Waals surface area contributed by atoms with Gasteiger partial charge in [0.15, 0.2) is 17.6 Å². The molecule has 0 radical (unpaired) electrons. The molecule has 0 spiro atoms. The number of fused-ring (bicyclic) bond motifs is 2. The van der Waals surface area contributed by atoms with Crippen molar-refractivity contribution in [2.24, 2.45) is 0 Å². The summed E-state index contributed by atoms with van der Waals surface area (Å²) in [6.45, 7) is 0.607. The lowest BCUT2D eigenvalue weighted by molar-refractivity contribution is -0.140. The maximum atomic E-state index is 12.7. The van der Waals surface area contributed by atoms with Crippen LogP contribution in [-0.2, 0) is 22.5 Å². The molecule has 2 aliphatic rings. The molecule has 2 aliphatic heterocycles. The van der Waals surface area contributed by atoms with Crippen LogP contribution in [0.1, 0.15) is 21.5 Å². The number of hydrogen-bond acceptors (Lipinski definition) is 5. The van der Waals surface area contributed by atoms with Crippen LogP contribution in [0.5, 0.6) is 11.5 Å². The third-order valence-electron chi connectivity index (χ3n) is 4.40. The molecular formula is C19H17NO5. The second-order valence-corrected chi connectivity index (χ2v) is 6.14. The molecular weight excluding hydrogens is 322 g/mol. The third kappa shape index (κ3) is 2.91. The van der Waals surface area contributed by atoms with Crippen molar-refractivity contribution in [3.63, 3.8) is 0 Å². The third-order valence-corrected chi connectivity index (χ3v) is 4.40. The number of likely N-dealkylation sites (N-methyl/N-ethyl adjacent to an activating group) is 1. The molecule has 6 nitrogen and oxygen atoms in total. The Balaban J connectivity index is 1.47. The number of carbonyl (C=O) groups excluding carboxylic acids is 2. The molecule has 2 aromatic rings. The normalized spacial score (nSPS) is 17.6. The molecule has 4 rings (SSSR count). The molecule has 0 aliphatic carbocycles. The van der Waals surface area contributed by atoms with E-state index in [1.54, 1.807) is 24.1 Å². The van der Waals surface area contributed by atoms with Gasteiger partial charge in [-0.25, -0.2) is 4.79 Å². The average molecular weight is 339 g/mol. The van der Waals surface area contributed by atoms with Crippen LogP contribution < -0.4 is 9.47 Å². The quantitative estimate of drug-likeness (QED) is 0.802. The fourth-order valence-corrected chi connectivity index (χ4v) is 3.11. The lowest BCUT2D eigenvalue weighted by Crippen LogP contribution is -2.42. The molecule has 128 valence electrons. The Labute approximate surface area is 144 Å². The standard InChI is InChI=1S/C19H17NO5/c1-20(10-12-6-7-15-16(8-12)24-11-23-15)18(21)17-9-13-4-2-3-5-14(13)19(22)25-17/h2-8,17H,9-11H2,1H3. The largest absolute Gasteiger partial charge is 0.454 e. The summed E-state index contributed by atoms with van der Waals surface area (Å²) in [4.78, 5) is 26.3. The summed E-state index contributed by atoms with van der Waals surface area (Å²) in [5.74, 6) is 0.712. The molecule has 1 amide bonds. The minimum atomic E-state index is -0.790. The lowest BCUT2D eigenvalue weighted by atomic mass is 9.98. The molecule has 1 atom stereocenters. The highest BCUT2D eigenvalue weighted by Gasteiger charge is 2.32. The van der Waals surface area contributed by atoms with Crippen LogP contribution in [0.15, 0.2) is 42.5 Å². The fourth-order valence-electron chi connectivity index (χ4n) is 3.11. The number of amides is 1. The Kier molecular flexibility index (Phi) is 3.80. The maximum Gasteiger partial charge on any atom is 0.339 e. The van der Waals surface area contributed by atoms with Gasteiger partial charge in [0.25, 0.3) is 5.91 Å². The number of benzene rings is 2. The van der Waals surface area contributed by atoms with Crippen LogP contribution in [0.2, 0.25) is 0 Å². The summed E-state index contributed by atoms with van der Waals surface area (Å²) >= 11 is 0. The van der Waals surface area contributed by atoms with Gasteiger partial charge in [0.05, 0.1) is 5.56 Å². The monoisotopic (exact) mass is 339 g/mol. The van der Waals surface area contributed by atoms with E-state index in [0.29, 0.717) is 30.0 Å². The summed E-state index contributed by atoms with van der Waals surface area (Å²) < 4.78 is 16.0. The second-order valence-electron chi connectivity index (χ2n) is 6.14. The topological polar surface area (TPSA) is 65.1 Å². The predicted molar refractivity (Wildman–Crippen MR) is 88.4 cm³/mol. The first-order chi connectivity index (χ1) is 12.1. The van der Waals surface area contributed by atoms with Crippen LogP contribution in [0.4, 0.5) is 0 Å². The van der Waals surface area contributed by atoms with E-state index in [1.165, 1.54) is 0 Å². The van der Waals surface area contributed by atoms with Gasteiger partial charge in [-0.2, -0.15) is 0 Å². The Hall–Kier alpha value is -3.02. The van der Waals surface area contributed by atoms with Gasteiger partial charge in [-0.3, -0.25) is 4.79 Å². The van der Waals surface area contributed by atoms with Crippen molar-refractivity contribution in [1.82, 2.24) is 4.90 Å². The van der Waals surface area contributed by atoms with Crippen LogP contribution >= 0.6 is 0 Å². The first-order valence-electron chi connectivity index (χ1n) is 8.04. The zero-order valence-corrected chi connectivity index (χ0v) is 13.7. The Morgan fingerprint density at radius 1 is 1.16 bits per heavy atom. The van der Waals surface area contributed by atoms with Crippen LogP contribution in [0.25, 0.3) is 0 Å². The zero-order chi connectivity index (χ0) is 17.4. The summed E-state index contributed by atoms with van der Waals surface area (Å²) in [6, 6.07) is 12.8. The van der Waals surface area contributed by atoms with E-state index >= 15 is 0 Å². The number of cyclic esters (lactones) is 1. The molecule has 6 heteroatoms. The Morgan fingerprint density at radius 3 is 2.84 bits per heavy atom. The van der Waals surface area contributed by atoms with Gasteiger partial charge in [-0.05, 0) is 29.3 Å². The van der Waals surface area contributed by atoms with Crippen LogP contribution in [0, 0.1) is 0 Å². The predicted octanol–water partition coefficient (Wildman–Crippen LogP) is 2.16.